The van der Waals surface area contributed by atoms with Gasteiger partial charge in [0.25, 0.3) is 0 Å². The Hall–Kier alpha value is -2.47. The number of carbonyl (C=O) groups excluding carboxylic acids is 1. The first-order valence-corrected chi connectivity index (χ1v) is 10.6. The van der Waals surface area contributed by atoms with E-state index in [9.17, 15) is 9.18 Å². The predicted molar refractivity (Wildman–Crippen MR) is 112 cm³/mol. The number of likely N-dealkylation sites (tertiary alicyclic amines) is 1. The zero-order chi connectivity index (χ0) is 20.1. The van der Waals surface area contributed by atoms with E-state index in [-0.39, 0.29) is 5.91 Å². The van der Waals surface area contributed by atoms with Crippen LogP contribution < -0.4 is 4.90 Å². The largest absolute Gasteiger partial charge is 0.369 e. The van der Waals surface area contributed by atoms with E-state index < -0.39 is 5.95 Å². The summed E-state index contributed by atoms with van der Waals surface area (Å²) in [5.74, 6) is 0.466. The summed E-state index contributed by atoms with van der Waals surface area (Å²) >= 11 is 0. The lowest BCUT2D eigenvalue weighted by atomic mass is 9.90. The molecule has 0 spiro atoms. The van der Waals surface area contributed by atoms with Gasteiger partial charge in [-0.15, -0.1) is 0 Å². The van der Waals surface area contributed by atoms with Crippen LogP contribution in [-0.2, 0) is 11.2 Å². The van der Waals surface area contributed by atoms with E-state index in [0.717, 1.165) is 64.2 Å². The molecule has 0 bridgehead atoms. The second-order valence-electron chi connectivity index (χ2n) is 8.11. The molecule has 1 aromatic heterocycles. The van der Waals surface area contributed by atoms with Crippen molar-refractivity contribution in [1.82, 2.24) is 14.8 Å². The van der Waals surface area contributed by atoms with Crippen LogP contribution in [-0.4, -0.2) is 66.5 Å². The minimum absolute atomic E-state index is 0.242. The monoisotopic (exact) mass is 396 g/mol. The number of halogens is 1. The molecule has 2 aromatic rings. The molecule has 0 aliphatic carbocycles. The summed E-state index contributed by atoms with van der Waals surface area (Å²) in [5, 5.41) is 0. The molecule has 2 aliphatic rings. The minimum Gasteiger partial charge on any atom is -0.369 e. The molecule has 2 aliphatic heterocycles. The van der Waals surface area contributed by atoms with E-state index in [2.05, 4.69) is 45.1 Å². The number of nitrogens with zero attached hydrogens (tertiary/aromatic N) is 4. The van der Waals surface area contributed by atoms with Gasteiger partial charge >= 0.3 is 0 Å². The maximum atomic E-state index is 13.3. The van der Waals surface area contributed by atoms with Crippen LogP contribution >= 0.6 is 0 Å². The Bertz CT molecular complexity index is 800. The predicted octanol–water partition coefficient (Wildman–Crippen LogP) is 2.82. The number of aromatic nitrogens is 1. The van der Waals surface area contributed by atoms with Gasteiger partial charge in [0.1, 0.15) is 0 Å². The summed E-state index contributed by atoms with van der Waals surface area (Å²) in [4.78, 5) is 22.8. The summed E-state index contributed by atoms with van der Waals surface area (Å²) in [7, 11) is 0. The molecule has 0 N–H and O–H groups in total. The number of amides is 1. The summed E-state index contributed by atoms with van der Waals surface area (Å²) in [6.07, 6.45) is 4.78. The molecule has 0 unspecified atom stereocenters. The average molecular weight is 397 g/mol. The molecule has 5 nitrogen and oxygen atoms in total. The van der Waals surface area contributed by atoms with Gasteiger partial charge in [0.05, 0.1) is 6.54 Å². The van der Waals surface area contributed by atoms with Crippen LogP contribution in [0.5, 0.6) is 0 Å². The number of carbonyl (C=O) groups is 1. The molecule has 0 saturated carbocycles. The van der Waals surface area contributed by atoms with Crippen molar-refractivity contribution >= 4 is 11.6 Å². The van der Waals surface area contributed by atoms with Crippen molar-refractivity contribution < 1.29 is 9.18 Å². The van der Waals surface area contributed by atoms with Gasteiger partial charge < -0.3 is 9.80 Å². The van der Waals surface area contributed by atoms with Crippen molar-refractivity contribution in [3.8, 4) is 0 Å². The molecule has 0 radical (unpaired) electrons. The number of piperidine rings is 1. The standard InChI is InChI=1S/C23H29FN4O/c24-22-17-21(6-9-25-22)27-14-12-26(13-15-27)18-23(29)28-10-7-20(8-11-28)16-19-4-2-1-3-5-19/h1-6,9,17,20H,7-8,10-16,18H2. The maximum Gasteiger partial charge on any atom is 0.236 e. The number of hydrogen-bond donors (Lipinski definition) is 0. The third kappa shape index (κ3) is 5.32. The van der Waals surface area contributed by atoms with Crippen molar-refractivity contribution in [2.24, 2.45) is 5.92 Å². The zero-order valence-corrected chi connectivity index (χ0v) is 16.8. The molecule has 29 heavy (non-hydrogen) atoms. The number of anilines is 1. The molecule has 3 heterocycles. The van der Waals surface area contributed by atoms with Gasteiger partial charge in [0.2, 0.25) is 11.9 Å². The van der Waals surface area contributed by atoms with E-state index in [1.807, 2.05) is 11.0 Å². The second-order valence-corrected chi connectivity index (χ2v) is 8.11. The number of pyridine rings is 1. The first-order valence-electron chi connectivity index (χ1n) is 10.6. The van der Waals surface area contributed by atoms with Gasteiger partial charge in [-0.3, -0.25) is 9.69 Å². The number of piperazine rings is 1. The third-order valence-electron chi connectivity index (χ3n) is 6.14. The fourth-order valence-electron chi connectivity index (χ4n) is 4.38. The van der Waals surface area contributed by atoms with Gasteiger partial charge in [0, 0.05) is 57.2 Å². The molecule has 2 saturated heterocycles. The fourth-order valence-corrected chi connectivity index (χ4v) is 4.38. The first kappa shape index (κ1) is 19.8. The summed E-state index contributed by atoms with van der Waals surface area (Å²) in [6.45, 7) is 5.47. The fraction of sp³-hybridized carbons (Fsp3) is 0.478. The van der Waals surface area contributed by atoms with Gasteiger partial charge in [-0.25, -0.2) is 4.98 Å². The summed E-state index contributed by atoms with van der Waals surface area (Å²) in [5.41, 5.74) is 2.26. The Morgan fingerprint density at radius 2 is 1.72 bits per heavy atom. The Morgan fingerprint density at radius 3 is 2.41 bits per heavy atom. The normalized spacial score (nSPS) is 18.8. The van der Waals surface area contributed by atoms with E-state index in [4.69, 9.17) is 0 Å². The van der Waals surface area contributed by atoms with Gasteiger partial charge in [-0.1, -0.05) is 30.3 Å². The van der Waals surface area contributed by atoms with Crippen molar-refractivity contribution in [1.29, 1.82) is 0 Å². The molecule has 1 amide bonds. The lowest BCUT2D eigenvalue weighted by Crippen LogP contribution is -2.51. The van der Waals surface area contributed by atoms with Crippen molar-refractivity contribution in [2.45, 2.75) is 19.3 Å². The average Bonchev–Trinajstić information content (AvgIpc) is 2.75. The molecule has 1 aromatic carbocycles. The highest BCUT2D eigenvalue weighted by atomic mass is 19.1. The van der Waals surface area contributed by atoms with E-state index >= 15 is 0 Å². The first-order chi connectivity index (χ1) is 14.2. The highest BCUT2D eigenvalue weighted by Gasteiger charge is 2.26. The Labute approximate surface area is 172 Å². The van der Waals surface area contributed by atoms with Crippen LogP contribution in [0.25, 0.3) is 0 Å². The second kappa shape index (κ2) is 9.35. The van der Waals surface area contributed by atoms with E-state index in [1.165, 1.54) is 17.8 Å². The minimum atomic E-state index is -0.448. The molecule has 154 valence electrons. The smallest absolute Gasteiger partial charge is 0.236 e. The lowest BCUT2D eigenvalue weighted by Gasteiger charge is -2.37. The molecular weight excluding hydrogens is 367 g/mol. The van der Waals surface area contributed by atoms with Gasteiger partial charge in [-0.05, 0) is 36.8 Å². The summed E-state index contributed by atoms with van der Waals surface area (Å²) in [6, 6.07) is 13.9. The highest BCUT2D eigenvalue weighted by Crippen LogP contribution is 2.22. The summed E-state index contributed by atoms with van der Waals surface area (Å²) < 4.78 is 13.3. The number of rotatable bonds is 5. The Kier molecular flexibility index (Phi) is 6.39. The number of hydrogen-bond acceptors (Lipinski definition) is 4. The third-order valence-corrected chi connectivity index (χ3v) is 6.14. The van der Waals surface area contributed by atoms with Crippen molar-refractivity contribution in [3.05, 3.63) is 60.2 Å². The van der Waals surface area contributed by atoms with Gasteiger partial charge in [-0.2, -0.15) is 4.39 Å². The zero-order valence-electron chi connectivity index (χ0n) is 16.8. The van der Waals surface area contributed by atoms with Crippen LogP contribution in [0.15, 0.2) is 48.7 Å². The van der Waals surface area contributed by atoms with Crippen molar-refractivity contribution in [2.75, 3.05) is 50.7 Å². The Morgan fingerprint density at radius 1 is 1.00 bits per heavy atom. The van der Waals surface area contributed by atoms with Crippen molar-refractivity contribution in [3.63, 3.8) is 0 Å². The quantitative estimate of drug-likeness (QED) is 0.729. The molecule has 6 heteroatoms. The van der Waals surface area contributed by atoms with Crippen LogP contribution in [0.1, 0.15) is 18.4 Å². The van der Waals surface area contributed by atoms with Gasteiger partial charge in [0.15, 0.2) is 0 Å². The molecule has 4 rings (SSSR count). The van der Waals surface area contributed by atoms with Crippen LogP contribution in [0.4, 0.5) is 10.1 Å². The lowest BCUT2D eigenvalue weighted by molar-refractivity contribution is -0.133. The maximum absolute atomic E-state index is 13.3. The van der Waals surface area contributed by atoms with Crippen LogP contribution in [0, 0.1) is 11.9 Å². The SMILES string of the molecule is O=C(CN1CCN(c2ccnc(F)c2)CC1)N1CCC(Cc2ccccc2)CC1. The van der Waals surface area contributed by atoms with E-state index in [1.54, 1.807) is 0 Å². The van der Waals surface area contributed by atoms with Crippen LogP contribution in [0.3, 0.4) is 0 Å². The molecule has 2 fully saturated rings. The highest BCUT2D eigenvalue weighted by molar-refractivity contribution is 5.78. The molecule has 0 atom stereocenters. The van der Waals surface area contributed by atoms with E-state index in [0.29, 0.717) is 12.5 Å². The topological polar surface area (TPSA) is 39.7 Å². The Balaban J connectivity index is 1.20. The van der Waals surface area contributed by atoms with Crippen LogP contribution in [0.2, 0.25) is 0 Å². The molecular formula is C23H29FN4O. The number of benzene rings is 1.